The molecule has 0 aromatic heterocycles. The summed E-state index contributed by atoms with van der Waals surface area (Å²) in [6, 6.07) is 6.74. The smallest absolute Gasteiger partial charge is 0.489 e. The van der Waals surface area contributed by atoms with Crippen molar-refractivity contribution >= 4 is 12.6 Å². The molecule has 1 aromatic rings. The third-order valence-electron chi connectivity index (χ3n) is 4.37. The van der Waals surface area contributed by atoms with E-state index in [0.29, 0.717) is 5.46 Å². The molecule has 6 heteroatoms. The quantitative estimate of drug-likeness (QED) is 0.801. The lowest BCUT2D eigenvalue weighted by Crippen LogP contribution is -2.41. The Balaban J connectivity index is 2.13. The number of hydrogen-bond acceptors (Lipinski definition) is 4. The van der Waals surface area contributed by atoms with Crippen molar-refractivity contribution in [2.45, 2.75) is 52.7 Å². The molecule has 0 unspecified atom stereocenters. The highest BCUT2D eigenvalue weighted by molar-refractivity contribution is 6.62. The summed E-state index contributed by atoms with van der Waals surface area (Å²) in [5.74, 6) is -0.375. The number of nitrogens with zero attached hydrogens (tertiary/aromatic N) is 1. The molecule has 0 aliphatic carbocycles. The van der Waals surface area contributed by atoms with Crippen molar-refractivity contribution in [1.82, 2.24) is 0 Å². The highest BCUT2D eigenvalue weighted by Crippen LogP contribution is 2.36. The molecular weight excluding hydrogens is 296 g/mol. The number of halogens is 1. The Kier molecular flexibility index (Phi) is 4.49. The van der Waals surface area contributed by atoms with E-state index in [1.807, 2.05) is 27.7 Å². The van der Waals surface area contributed by atoms with Crippen LogP contribution in [0.2, 0.25) is 0 Å². The lowest BCUT2D eigenvalue weighted by atomic mass is 9.79. The molecular formula is C17H23BFNO3. The minimum Gasteiger partial charge on any atom is -0.489 e. The van der Waals surface area contributed by atoms with Gasteiger partial charge in [0.2, 0.25) is 0 Å². The maximum atomic E-state index is 14.2. The molecule has 0 bridgehead atoms. The predicted octanol–water partition coefficient (Wildman–Crippen LogP) is 3.05. The number of benzene rings is 1. The zero-order valence-corrected chi connectivity index (χ0v) is 14.6. The van der Waals surface area contributed by atoms with Gasteiger partial charge in [0.1, 0.15) is 6.61 Å². The minimum absolute atomic E-state index is 0.119. The maximum Gasteiger partial charge on any atom is 0.494 e. The normalized spacial score (nSPS) is 19.5. The average Bonchev–Trinajstić information content (AvgIpc) is 2.66. The van der Waals surface area contributed by atoms with Crippen molar-refractivity contribution in [2.75, 3.05) is 6.61 Å². The van der Waals surface area contributed by atoms with E-state index in [4.69, 9.17) is 19.3 Å². The molecule has 1 aliphatic rings. The molecule has 0 N–H and O–H groups in total. The molecule has 0 amide bonds. The Hall–Kier alpha value is -1.58. The van der Waals surface area contributed by atoms with Crippen molar-refractivity contribution in [1.29, 1.82) is 5.26 Å². The molecule has 2 rings (SSSR count). The Morgan fingerprint density at radius 1 is 1.22 bits per heavy atom. The van der Waals surface area contributed by atoms with Crippen molar-refractivity contribution in [3.05, 3.63) is 24.0 Å². The molecule has 124 valence electrons. The molecule has 1 aliphatic heterocycles. The number of ether oxygens (including phenoxy) is 1. The van der Waals surface area contributed by atoms with E-state index in [-0.39, 0.29) is 12.4 Å². The second-order valence-corrected chi connectivity index (χ2v) is 7.56. The van der Waals surface area contributed by atoms with E-state index in [1.54, 1.807) is 26.0 Å². The highest BCUT2D eigenvalue weighted by Gasteiger charge is 2.51. The largest absolute Gasteiger partial charge is 0.494 e. The fourth-order valence-electron chi connectivity index (χ4n) is 2.05. The first-order valence-corrected chi connectivity index (χ1v) is 7.67. The molecule has 0 radical (unpaired) electrons. The molecule has 1 aromatic carbocycles. The van der Waals surface area contributed by atoms with Gasteiger partial charge in [0.15, 0.2) is 11.6 Å². The van der Waals surface area contributed by atoms with Gasteiger partial charge in [-0.3, -0.25) is 0 Å². The third-order valence-corrected chi connectivity index (χ3v) is 4.37. The summed E-state index contributed by atoms with van der Waals surface area (Å²) in [5.41, 5.74) is -1.01. The lowest BCUT2D eigenvalue weighted by molar-refractivity contribution is 0.00578. The highest BCUT2D eigenvalue weighted by atomic mass is 19.1. The summed E-state index contributed by atoms with van der Waals surface area (Å²) in [5, 5.41) is 8.97. The van der Waals surface area contributed by atoms with Crippen LogP contribution in [0.1, 0.15) is 41.5 Å². The monoisotopic (exact) mass is 319 g/mol. The summed E-state index contributed by atoms with van der Waals surface area (Å²) < 4.78 is 31.5. The predicted molar refractivity (Wildman–Crippen MR) is 87.0 cm³/mol. The van der Waals surface area contributed by atoms with Crippen LogP contribution < -0.4 is 10.2 Å². The molecule has 4 nitrogen and oxygen atoms in total. The van der Waals surface area contributed by atoms with Crippen LogP contribution in [-0.4, -0.2) is 24.9 Å². The summed E-state index contributed by atoms with van der Waals surface area (Å²) in [7, 11) is -0.612. The van der Waals surface area contributed by atoms with Gasteiger partial charge in [-0.1, -0.05) is 6.07 Å². The van der Waals surface area contributed by atoms with Crippen LogP contribution in [0, 0.1) is 22.6 Å². The Bertz CT molecular complexity index is 621. The second kappa shape index (κ2) is 5.81. The maximum absolute atomic E-state index is 14.2. The van der Waals surface area contributed by atoms with Gasteiger partial charge in [-0.05, 0) is 59.1 Å². The Morgan fingerprint density at radius 3 is 2.26 bits per heavy atom. The van der Waals surface area contributed by atoms with Crippen molar-refractivity contribution in [2.24, 2.45) is 5.41 Å². The van der Waals surface area contributed by atoms with Crippen molar-refractivity contribution in [3.8, 4) is 11.8 Å². The first kappa shape index (κ1) is 17.8. The minimum atomic E-state index is -0.670. The van der Waals surface area contributed by atoms with E-state index >= 15 is 0 Å². The molecule has 23 heavy (non-hydrogen) atoms. The molecule has 1 saturated heterocycles. The standard InChI is InChI=1S/C17H23BFNO3/c1-15(2,10-20)11-21-14-8-7-12(9-13(14)19)18-22-16(3,4)17(5,6)23-18/h7-9H,11H2,1-6H3. The number of nitriles is 1. The number of hydrogen-bond donors (Lipinski definition) is 0. The van der Waals surface area contributed by atoms with Gasteiger partial charge < -0.3 is 14.0 Å². The van der Waals surface area contributed by atoms with Crippen molar-refractivity contribution in [3.63, 3.8) is 0 Å². The van der Waals surface area contributed by atoms with Gasteiger partial charge in [0.25, 0.3) is 0 Å². The van der Waals surface area contributed by atoms with Gasteiger partial charge in [0.05, 0.1) is 22.7 Å². The third kappa shape index (κ3) is 3.68. The molecule has 1 fully saturated rings. The first-order valence-electron chi connectivity index (χ1n) is 7.67. The summed E-state index contributed by atoms with van der Waals surface area (Å²) >= 11 is 0. The fourth-order valence-corrected chi connectivity index (χ4v) is 2.05. The van der Waals surface area contributed by atoms with Gasteiger partial charge >= 0.3 is 7.12 Å². The summed E-state index contributed by atoms with van der Waals surface area (Å²) in [6.07, 6.45) is 0. The van der Waals surface area contributed by atoms with Crippen LogP contribution in [0.4, 0.5) is 4.39 Å². The average molecular weight is 319 g/mol. The topological polar surface area (TPSA) is 51.5 Å². The van der Waals surface area contributed by atoms with Crippen LogP contribution >= 0.6 is 0 Å². The fraction of sp³-hybridized carbons (Fsp3) is 0.588. The zero-order chi connectivity index (χ0) is 17.5. The first-order chi connectivity index (χ1) is 10.5. The van der Waals surface area contributed by atoms with Crippen molar-refractivity contribution < 1.29 is 18.4 Å². The van der Waals surface area contributed by atoms with E-state index < -0.39 is 29.6 Å². The Labute approximate surface area is 137 Å². The van der Waals surface area contributed by atoms with Gasteiger partial charge in [-0.2, -0.15) is 5.26 Å². The lowest BCUT2D eigenvalue weighted by Gasteiger charge is -2.32. The zero-order valence-electron chi connectivity index (χ0n) is 14.6. The van der Waals surface area contributed by atoms with E-state index in [2.05, 4.69) is 6.07 Å². The summed E-state index contributed by atoms with van der Waals surface area (Å²) in [6.45, 7) is 11.4. The van der Waals surface area contributed by atoms with Crippen LogP contribution in [0.3, 0.4) is 0 Å². The van der Waals surface area contributed by atoms with Crippen LogP contribution in [-0.2, 0) is 9.31 Å². The molecule has 0 atom stereocenters. The van der Waals surface area contributed by atoms with E-state index in [0.717, 1.165) is 0 Å². The van der Waals surface area contributed by atoms with Gasteiger partial charge in [0, 0.05) is 0 Å². The second-order valence-electron chi connectivity index (χ2n) is 7.56. The Morgan fingerprint density at radius 2 is 1.78 bits per heavy atom. The van der Waals surface area contributed by atoms with Crippen LogP contribution in [0.15, 0.2) is 18.2 Å². The van der Waals surface area contributed by atoms with Crippen LogP contribution in [0.5, 0.6) is 5.75 Å². The van der Waals surface area contributed by atoms with E-state index in [9.17, 15) is 4.39 Å². The van der Waals surface area contributed by atoms with Crippen LogP contribution in [0.25, 0.3) is 0 Å². The molecule has 1 heterocycles. The molecule has 0 saturated carbocycles. The SMILES string of the molecule is CC(C)(C#N)COc1ccc(B2OC(C)(C)C(C)(C)O2)cc1F. The van der Waals surface area contributed by atoms with E-state index in [1.165, 1.54) is 6.07 Å². The number of rotatable bonds is 4. The van der Waals surface area contributed by atoms with Gasteiger partial charge in [-0.25, -0.2) is 4.39 Å². The van der Waals surface area contributed by atoms with Gasteiger partial charge in [-0.15, -0.1) is 0 Å². The molecule has 0 spiro atoms. The summed E-state index contributed by atoms with van der Waals surface area (Å²) in [4.78, 5) is 0.